The van der Waals surface area contributed by atoms with Crippen LogP contribution in [0.15, 0.2) is 0 Å². The zero-order valence-corrected chi connectivity index (χ0v) is 12.8. The highest BCUT2D eigenvalue weighted by molar-refractivity contribution is 6.05. The fourth-order valence-corrected chi connectivity index (χ4v) is 0.793. The van der Waals surface area contributed by atoms with Crippen LogP contribution in [0.2, 0.25) is 6.82 Å². The summed E-state index contributed by atoms with van der Waals surface area (Å²) in [6.45, 7) is 14.6. The highest BCUT2D eigenvalue weighted by Gasteiger charge is 1.91. The van der Waals surface area contributed by atoms with Gasteiger partial charge in [-0.1, -0.05) is 27.1 Å². The van der Waals surface area contributed by atoms with Crippen LogP contribution in [0, 0.1) is 0 Å². The molecule has 0 aromatic heterocycles. The molecule has 0 bridgehead atoms. The molecule has 0 aromatic carbocycles. The van der Waals surface area contributed by atoms with Crippen molar-refractivity contribution in [2.45, 2.75) is 66.8 Å². The van der Waals surface area contributed by atoms with Crippen molar-refractivity contribution in [1.82, 2.24) is 0 Å². The highest BCUT2D eigenvalue weighted by Crippen LogP contribution is 1.93. The Hall–Kier alpha value is 0.0499. The molecule has 4 heteroatoms. The molecule has 17 heavy (non-hydrogen) atoms. The van der Waals surface area contributed by atoms with Crippen LogP contribution in [0.1, 0.15) is 53.9 Å². The largest absolute Gasteiger partial charge is 0.382 e. The average molecular weight is 243 g/mol. The van der Waals surface area contributed by atoms with Crippen molar-refractivity contribution in [2.24, 2.45) is 0 Å². The summed E-state index contributed by atoms with van der Waals surface area (Å²) in [7, 11) is 8.25. The lowest BCUT2D eigenvalue weighted by atomic mass is 10.2. The summed E-state index contributed by atoms with van der Waals surface area (Å²) in [5, 5.41) is 0. The van der Waals surface area contributed by atoms with Crippen LogP contribution < -0.4 is 0 Å². The summed E-state index contributed by atoms with van der Waals surface area (Å²) < 4.78 is 15.5. The van der Waals surface area contributed by atoms with E-state index in [9.17, 15) is 0 Å². The minimum atomic E-state index is 0.449. The van der Waals surface area contributed by atoms with Crippen LogP contribution in [0.3, 0.4) is 0 Å². The second kappa shape index (κ2) is 29.8. The molecule has 0 heterocycles. The molecular formula is C13H32B2O2. The molecular weight excluding hydrogens is 210 g/mol. The van der Waals surface area contributed by atoms with Gasteiger partial charge in [-0.15, -0.1) is 0 Å². The first-order valence-electron chi connectivity index (χ1n) is 7.07. The van der Waals surface area contributed by atoms with Crippen LogP contribution in [0.5, 0.6) is 0 Å². The molecule has 4 radical (unpaired) electrons. The van der Waals surface area contributed by atoms with Gasteiger partial charge in [0.05, 0.1) is 14.0 Å². The van der Waals surface area contributed by atoms with Gasteiger partial charge in [0, 0.05) is 28.2 Å². The van der Waals surface area contributed by atoms with E-state index in [-0.39, 0.29) is 0 Å². The van der Waals surface area contributed by atoms with Crippen molar-refractivity contribution >= 4 is 16.2 Å². The molecule has 0 rings (SSSR count). The van der Waals surface area contributed by atoms with Crippen molar-refractivity contribution in [3.8, 4) is 0 Å². The quantitative estimate of drug-likeness (QED) is 0.505. The lowest BCUT2D eigenvalue weighted by Crippen LogP contribution is -2.04. The Labute approximate surface area is 114 Å². The van der Waals surface area contributed by atoms with E-state index < -0.39 is 0 Å². The summed E-state index contributed by atoms with van der Waals surface area (Å²) >= 11 is 0. The van der Waals surface area contributed by atoms with Gasteiger partial charge in [-0.05, 0) is 34.9 Å². The molecule has 0 amide bonds. The maximum atomic E-state index is 5.25. The van der Waals surface area contributed by atoms with Crippen LogP contribution in [-0.4, -0.2) is 43.5 Å². The third-order valence-electron chi connectivity index (χ3n) is 1.87. The van der Waals surface area contributed by atoms with Crippen molar-refractivity contribution in [3.63, 3.8) is 0 Å². The number of hydrogen-bond donors (Lipinski definition) is 0. The number of ether oxygens (including phenoxy) is 2. The fraction of sp³-hybridized carbons (Fsp3) is 1.00. The second-order valence-electron chi connectivity index (χ2n) is 3.22. The van der Waals surface area contributed by atoms with E-state index in [1.54, 1.807) is 0 Å². The lowest BCUT2D eigenvalue weighted by Gasteiger charge is -2.05. The molecule has 1 atom stereocenters. The van der Waals surface area contributed by atoms with Gasteiger partial charge in [-0.2, -0.15) is 0 Å². The Bertz CT molecular complexity index is 95.1. The summed E-state index contributed by atoms with van der Waals surface area (Å²) in [5.74, 6) is 0. The molecule has 0 saturated heterocycles. The van der Waals surface area contributed by atoms with Crippen molar-refractivity contribution in [2.75, 3.05) is 19.8 Å². The zero-order chi connectivity index (χ0) is 15.2. The Balaban J connectivity index is -0.0000000851. The van der Waals surface area contributed by atoms with Crippen molar-refractivity contribution in [3.05, 3.63) is 0 Å². The third-order valence-corrected chi connectivity index (χ3v) is 1.87. The third kappa shape index (κ3) is 38.7. The predicted octanol–water partition coefficient (Wildman–Crippen LogP) is 3.20. The minimum Gasteiger partial charge on any atom is -0.382 e. The summed E-state index contributed by atoms with van der Waals surface area (Å²) in [4.78, 5) is 0. The SMILES string of the molecule is CCCCOCC.CCOC(C)CC.[2H][B].[B]C. The number of rotatable bonds is 7. The van der Waals surface area contributed by atoms with E-state index >= 15 is 0 Å². The lowest BCUT2D eigenvalue weighted by molar-refractivity contribution is 0.0739. The Kier molecular flexibility index (Phi) is 39.0. The summed E-state index contributed by atoms with van der Waals surface area (Å²) in [6.07, 6.45) is 4.01. The Morgan fingerprint density at radius 1 is 1.12 bits per heavy atom. The van der Waals surface area contributed by atoms with E-state index in [0.717, 1.165) is 26.2 Å². The molecule has 0 aromatic rings. The maximum absolute atomic E-state index is 5.25. The van der Waals surface area contributed by atoms with Crippen LogP contribution in [-0.2, 0) is 9.47 Å². The van der Waals surface area contributed by atoms with Gasteiger partial charge in [0.1, 0.15) is 0 Å². The molecule has 0 fully saturated rings. The first-order chi connectivity index (χ1) is 8.72. The highest BCUT2D eigenvalue weighted by atomic mass is 16.5. The summed E-state index contributed by atoms with van der Waals surface area (Å²) in [5.41, 5.74) is 0. The van der Waals surface area contributed by atoms with Crippen LogP contribution in [0.25, 0.3) is 0 Å². The van der Waals surface area contributed by atoms with E-state index in [0.29, 0.717) is 6.10 Å². The molecule has 0 spiro atoms. The van der Waals surface area contributed by atoms with Crippen molar-refractivity contribution < 1.29 is 9.47 Å². The molecule has 2 nitrogen and oxygen atoms in total. The van der Waals surface area contributed by atoms with Gasteiger partial charge < -0.3 is 9.47 Å². The first-order valence-corrected chi connectivity index (χ1v) is 6.49. The maximum Gasteiger partial charge on any atom is 0.0606 e. The van der Waals surface area contributed by atoms with E-state index in [2.05, 4.69) is 37.0 Å². The Morgan fingerprint density at radius 2 is 1.65 bits per heavy atom. The van der Waals surface area contributed by atoms with E-state index in [1.165, 1.54) is 19.7 Å². The van der Waals surface area contributed by atoms with Gasteiger partial charge in [0.25, 0.3) is 0 Å². The first kappa shape index (κ1) is 22.2. The van der Waals surface area contributed by atoms with Crippen LogP contribution >= 0.6 is 0 Å². The average Bonchev–Trinajstić information content (AvgIpc) is 2.45. The predicted molar refractivity (Wildman–Crippen MR) is 81.5 cm³/mol. The normalized spacial score (nSPS) is 10.4. The molecule has 0 N–H and O–H groups in total. The van der Waals surface area contributed by atoms with Gasteiger partial charge in [0.15, 0.2) is 0 Å². The Morgan fingerprint density at radius 3 is 1.88 bits per heavy atom. The van der Waals surface area contributed by atoms with Gasteiger partial charge in [0.2, 0.25) is 0 Å². The van der Waals surface area contributed by atoms with Gasteiger partial charge in [-0.25, -0.2) is 0 Å². The monoisotopic (exact) mass is 243 g/mol. The molecule has 0 saturated carbocycles. The molecule has 0 aliphatic carbocycles. The van der Waals surface area contributed by atoms with E-state index in [4.69, 9.17) is 10.8 Å². The second-order valence-corrected chi connectivity index (χ2v) is 3.22. The van der Waals surface area contributed by atoms with Crippen molar-refractivity contribution in [1.29, 1.82) is 1.34 Å². The van der Waals surface area contributed by atoms with Crippen LogP contribution in [0.4, 0.5) is 0 Å². The number of unbranched alkanes of at least 4 members (excludes halogenated alkanes) is 1. The molecule has 102 valence electrons. The topological polar surface area (TPSA) is 18.5 Å². The van der Waals surface area contributed by atoms with E-state index in [1.807, 2.05) is 13.8 Å². The van der Waals surface area contributed by atoms with Gasteiger partial charge in [-0.3, -0.25) is 0 Å². The smallest absolute Gasteiger partial charge is 0.0606 e. The standard InChI is InChI=1S/2C6H14O.CH3B.BH/c1-4-6(3)7-5-2;1-3-5-6-7-4-2;1-2;/h6H,4-5H2,1-3H3;3-6H2,1-2H3;1H3;1H/i;;;1D. The molecule has 0 aliphatic rings. The number of hydrogen-bond acceptors (Lipinski definition) is 2. The molecule has 0 aliphatic heterocycles. The minimum absolute atomic E-state index is 0.449. The van der Waals surface area contributed by atoms with Gasteiger partial charge >= 0.3 is 0 Å². The zero-order valence-electron chi connectivity index (χ0n) is 13.8. The molecule has 1 unspecified atom stereocenters. The fourth-order valence-electron chi connectivity index (χ4n) is 0.793. The summed E-state index contributed by atoms with van der Waals surface area (Å²) in [6, 6.07) is 0.